The number of aromatic carboxylic acids is 1. The van der Waals surface area contributed by atoms with Crippen molar-refractivity contribution in [1.82, 2.24) is 9.97 Å². The van der Waals surface area contributed by atoms with Crippen molar-refractivity contribution in [2.45, 2.75) is 13.5 Å². The Hall–Kier alpha value is -5.40. The molecule has 0 amide bonds. The van der Waals surface area contributed by atoms with Crippen LogP contribution in [0.15, 0.2) is 91.3 Å². The topological polar surface area (TPSA) is 122 Å². The molecule has 0 atom stereocenters. The minimum Gasteiger partial charge on any atom is -0.497 e. The van der Waals surface area contributed by atoms with Gasteiger partial charge in [0.2, 0.25) is 10.9 Å². The van der Waals surface area contributed by atoms with E-state index in [0.29, 0.717) is 40.3 Å². The van der Waals surface area contributed by atoms with Gasteiger partial charge in [0, 0.05) is 35.5 Å². The molecule has 0 bridgehead atoms. The van der Waals surface area contributed by atoms with Crippen LogP contribution in [0.3, 0.4) is 0 Å². The summed E-state index contributed by atoms with van der Waals surface area (Å²) in [4.78, 5) is 20.4. The van der Waals surface area contributed by atoms with E-state index < -0.39 is 16.9 Å². The van der Waals surface area contributed by atoms with E-state index in [4.69, 9.17) is 4.74 Å². The Labute approximate surface area is 244 Å². The molecule has 5 rings (SSSR count). The smallest absolute Gasteiger partial charge is 0.356 e. The number of carboxylic acid groups (broad SMARTS) is 1. The second-order valence-corrected chi connectivity index (χ2v) is 10.1. The Morgan fingerprint density at radius 2 is 1.79 bits per heavy atom. The van der Waals surface area contributed by atoms with Crippen LogP contribution in [0.5, 0.6) is 5.75 Å². The number of para-hydroxylation sites is 1. The summed E-state index contributed by atoms with van der Waals surface area (Å²) in [5.74, 6) is 5.62. The Kier molecular flexibility index (Phi) is 8.32. The second kappa shape index (κ2) is 12.4. The number of nitrogens with zero attached hydrogens (tertiary/aromatic N) is 3. The monoisotopic (exact) mass is 578 g/mol. The van der Waals surface area contributed by atoms with Gasteiger partial charge in [-0.3, -0.25) is 4.98 Å². The van der Waals surface area contributed by atoms with Crippen molar-refractivity contribution in [1.29, 1.82) is 0 Å². The number of nitrogens with one attached hydrogen (secondary N) is 1. The third-order valence-electron chi connectivity index (χ3n) is 6.53. The lowest BCUT2D eigenvalue weighted by molar-refractivity contribution is 0.0691. The number of aryl methyl sites for hydroxylation is 1. The summed E-state index contributed by atoms with van der Waals surface area (Å²) in [6, 6.07) is 23.4. The van der Waals surface area contributed by atoms with Crippen LogP contribution < -0.4 is 14.4 Å². The molecule has 0 unspecified atom stereocenters. The molecule has 0 aliphatic heterocycles. The molecule has 0 aliphatic carbocycles. The van der Waals surface area contributed by atoms with Crippen LogP contribution in [-0.4, -0.2) is 36.6 Å². The van der Waals surface area contributed by atoms with E-state index in [1.807, 2.05) is 49.4 Å². The van der Waals surface area contributed by atoms with Gasteiger partial charge < -0.3 is 15.2 Å². The quantitative estimate of drug-likeness (QED) is 0.167. The number of thiol groups is 1. The van der Waals surface area contributed by atoms with Gasteiger partial charge in [-0.1, -0.05) is 54.3 Å². The average molecular weight is 579 g/mol. The molecule has 9 nitrogen and oxygen atoms in total. The minimum atomic E-state index is -3.10. The van der Waals surface area contributed by atoms with E-state index in [9.17, 15) is 18.3 Å². The van der Waals surface area contributed by atoms with Crippen LogP contribution in [-0.2, 0) is 17.4 Å². The highest BCUT2D eigenvalue weighted by molar-refractivity contribution is 7.74. The molecule has 0 fully saturated rings. The number of benzene rings is 3. The molecule has 42 heavy (non-hydrogen) atoms. The van der Waals surface area contributed by atoms with Crippen molar-refractivity contribution >= 4 is 44.8 Å². The third-order valence-corrected chi connectivity index (χ3v) is 7.27. The first-order chi connectivity index (χ1) is 20.4. The van der Waals surface area contributed by atoms with E-state index in [2.05, 4.69) is 27.1 Å². The van der Waals surface area contributed by atoms with Crippen molar-refractivity contribution in [3.63, 3.8) is 0 Å². The Balaban J connectivity index is 1.51. The third kappa shape index (κ3) is 6.01. The molecule has 210 valence electrons. The number of ether oxygens (including phenoxy) is 1. The van der Waals surface area contributed by atoms with Gasteiger partial charge in [0.05, 0.1) is 29.7 Å². The number of hydrogen-bond donors (Lipinski definition) is 3. The van der Waals surface area contributed by atoms with Crippen LogP contribution in [0.1, 0.15) is 32.7 Å². The summed E-state index contributed by atoms with van der Waals surface area (Å²) in [6.45, 7) is 2.19. The first-order valence-corrected chi connectivity index (χ1v) is 14.0. The van der Waals surface area contributed by atoms with Crippen LogP contribution >= 0.6 is 0 Å². The molecule has 3 aromatic carbocycles. The lowest BCUT2D eigenvalue weighted by Gasteiger charge is -2.22. The highest BCUT2D eigenvalue weighted by Crippen LogP contribution is 2.36. The van der Waals surface area contributed by atoms with E-state index >= 15 is 0 Å². The molecule has 0 saturated heterocycles. The van der Waals surface area contributed by atoms with Gasteiger partial charge in [-0.2, -0.15) is 0 Å². The highest BCUT2D eigenvalue weighted by Gasteiger charge is 2.20. The van der Waals surface area contributed by atoms with E-state index in [1.54, 1.807) is 49.7 Å². The summed E-state index contributed by atoms with van der Waals surface area (Å²) >= 11 is 0. The predicted octanol–water partition coefficient (Wildman–Crippen LogP) is 5.32. The summed E-state index contributed by atoms with van der Waals surface area (Å²) < 4.78 is 31.8. The molecule has 0 saturated carbocycles. The van der Waals surface area contributed by atoms with E-state index in [1.165, 1.54) is 10.5 Å². The summed E-state index contributed by atoms with van der Waals surface area (Å²) in [5.41, 5.74) is 4.12. The number of pyridine rings is 2. The fourth-order valence-corrected chi connectivity index (χ4v) is 5.24. The molecule has 2 N–H and O–H groups in total. The van der Waals surface area contributed by atoms with Crippen LogP contribution in [0.25, 0.3) is 10.9 Å². The number of aromatic nitrogens is 2. The van der Waals surface area contributed by atoms with Crippen molar-refractivity contribution in [2.24, 2.45) is 0 Å². The normalized spacial score (nSPS) is 10.6. The van der Waals surface area contributed by atoms with E-state index in [-0.39, 0.29) is 5.69 Å². The molecule has 2 aromatic heterocycles. The molecular formula is C32H26N4O5S. The van der Waals surface area contributed by atoms with Crippen LogP contribution in [0.4, 0.5) is 17.1 Å². The second-order valence-electron chi connectivity index (χ2n) is 9.25. The number of carboxylic acids is 1. The zero-order valence-corrected chi connectivity index (χ0v) is 23.6. The van der Waals surface area contributed by atoms with E-state index in [0.717, 1.165) is 22.3 Å². The van der Waals surface area contributed by atoms with Crippen LogP contribution in [0, 0.1) is 18.8 Å². The number of carbonyl (C=O) groups is 1. The summed E-state index contributed by atoms with van der Waals surface area (Å²) in [5, 5.41) is 13.6. The van der Waals surface area contributed by atoms with Gasteiger partial charge in [0.15, 0.2) is 5.69 Å². The zero-order valence-electron chi connectivity index (χ0n) is 22.7. The lowest BCUT2D eigenvalue weighted by atomic mass is 10.1. The minimum absolute atomic E-state index is 0.136. The maximum atomic E-state index is 12.7. The van der Waals surface area contributed by atoms with Gasteiger partial charge >= 0.3 is 5.97 Å². The molecule has 0 spiro atoms. The molecule has 0 radical (unpaired) electrons. The SMILES string of the molecule is COc1ccc(CNc2cc(C#Cc3ccccc3N(c3c(C)ccc4cccnc34)[SH](=O)=O)cnc2C(=O)O)cc1. The first-order valence-electron chi connectivity index (χ1n) is 12.9. The number of fused-ring (bicyclic) bond motifs is 1. The number of methoxy groups -OCH3 is 1. The maximum absolute atomic E-state index is 12.7. The summed E-state index contributed by atoms with van der Waals surface area (Å²) in [7, 11) is -1.52. The molecule has 2 heterocycles. The predicted molar refractivity (Wildman–Crippen MR) is 163 cm³/mol. The van der Waals surface area contributed by atoms with Crippen molar-refractivity contribution in [2.75, 3.05) is 16.7 Å². The van der Waals surface area contributed by atoms with Gasteiger partial charge in [-0.25, -0.2) is 22.5 Å². The average Bonchev–Trinajstić information content (AvgIpc) is 3.00. The molecule has 10 heteroatoms. The Morgan fingerprint density at radius 1 is 1.00 bits per heavy atom. The van der Waals surface area contributed by atoms with Gasteiger partial charge in [-0.15, -0.1) is 0 Å². The fraction of sp³-hybridized carbons (Fsp3) is 0.0938. The first kappa shape index (κ1) is 28.1. The van der Waals surface area contributed by atoms with Crippen molar-refractivity contribution in [3.8, 4) is 17.6 Å². The zero-order chi connectivity index (χ0) is 29.6. The maximum Gasteiger partial charge on any atom is 0.356 e. The fourth-order valence-electron chi connectivity index (χ4n) is 4.47. The Bertz CT molecular complexity index is 1920. The molecule has 5 aromatic rings. The van der Waals surface area contributed by atoms with Crippen molar-refractivity contribution < 1.29 is 23.1 Å². The number of hydrogen-bond acceptors (Lipinski definition) is 7. The van der Waals surface area contributed by atoms with Gasteiger partial charge in [0.1, 0.15) is 5.75 Å². The van der Waals surface area contributed by atoms with Gasteiger partial charge in [0.25, 0.3) is 0 Å². The molecule has 0 aliphatic rings. The Morgan fingerprint density at radius 3 is 2.52 bits per heavy atom. The highest BCUT2D eigenvalue weighted by atomic mass is 32.2. The molecular weight excluding hydrogens is 552 g/mol. The van der Waals surface area contributed by atoms with Gasteiger partial charge in [-0.05, 0) is 54.4 Å². The number of anilines is 3. The lowest BCUT2D eigenvalue weighted by Crippen LogP contribution is -2.17. The summed E-state index contributed by atoms with van der Waals surface area (Å²) in [6.07, 6.45) is 3.00. The largest absolute Gasteiger partial charge is 0.497 e. The van der Waals surface area contributed by atoms with Crippen molar-refractivity contribution in [3.05, 3.63) is 119 Å². The van der Waals surface area contributed by atoms with Crippen LogP contribution in [0.2, 0.25) is 0 Å². The number of rotatable bonds is 8. The standard InChI is InChI=1S/C32H26N4O5S/c1-21-9-13-25-7-5-17-33-29(25)31(21)36(42(39)40)28-8-4-3-6-24(28)14-10-23-18-27(30(32(37)38)35-20-23)34-19-22-11-15-26(41-2)16-12-22/h3-9,11-13,15-18,20,34,42H,19H2,1-2H3,(H,37,38).